The maximum absolute atomic E-state index is 12.7. The summed E-state index contributed by atoms with van der Waals surface area (Å²) in [5.41, 5.74) is 4.00. The average molecular weight is 420 g/mol. The smallest absolute Gasteiger partial charge is 0.257 e. The molecule has 2 aromatic carbocycles. The van der Waals surface area contributed by atoms with Gasteiger partial charge in [-0.15, -0.1) is 0 Å². The van der Waals surface area contributed by atoms with Crippen molar-refractivity contribution in [1.82, 2.24) is 16.0 Å². The molecule has 7 heteroatoms. The Hall–Kier alpha value is -3.35. The number of benzene rings is 2. The number of nitrogens with one attached hydrogen (secondary N) is 4. The number of rotatable bonds is 7. The minimum absolute atomic E-state index is 0.0920. The number of anilines is 2. The monoisotopic (exact) mass is 419 g/mol. The lowest BCUT2D eigenvalue weighted by atomic mass is 10.0. The van der Waals surface area contributed by atoms with Crippen LogP contribution in [0.2, 0.25) is 0 Å². The predicted molar refractivity (Wildman–Crippen MR) is 123 cm³/mol. The van der Waals surface area contributed by atoms with Gasteiger partial charge in [0.25, 0.3) is 11.8 Å². The van der Waals surface area contributed by atoms with Crippen molar-refractivity contribution in [2.75, 3.05) is 25.0 Å². The summed E-state index contributed by atoms with van der Waals surface area (Å²) in [6.45, 7) is 6.19. The summed E-state index contributed by atoms with van der Waals surface area (Å²) in [5.74, 6) is 1.08. The average Bonchev–Trinajstić information content (AvgIpc) is 3.49. The van der Waals surface area contributed by atoms with E-state index >= 15 is 0 Å². The third-order valence-electron chi connectivity index (χ3n) is 5.35. The van der Waals surface area contributed by atoms with Crippen LogP contribution in [0.5, 0.6) is 0 Å². The molecule has 0 bridgehead atoms. The lowest BCUT2D eigenvalue weighted by Gasteiger charge is -2.17. The molecular formula is C24H29N5O2. The Labute approximate surface area is 182 Å². The number of guanidine groups is 1. The minimum atomic E-state index is -0.171. The normalized spacial score (nSPS) is 15.3. The van der Waals surface area contributed by atoms with Gasteiger partial charge in [0.15, 0.2) is 5.96 Å². The van der Waals surface area contributed by atoms with Crippen LogP contribution >= 0.6 is 0 Å². The molecule has 162 valence electrons. The molecule has 0 saturated heterocycles. The van der Waals surface area contributed by atoms with Gasteiger partial charge in [-0.05, 0) is 60.6 Å². The summed E-state index contributed by atoms with van der Waals surface area (Å²) in [7, 11) is 0. The highest BCUT2D eigenvalue weighted by molar-refractivity contribution is 6.06. The highest BCUT2D eigenvalue weighted by Gasteiger charge is 2.28. The number of para-hydroxylation sites is 1. The van der Waals surface area contributed by atoms with Crippen molar-refractivity contribution in [3.63, 3.8) is 0 Å². The zero-order valence-electron chi connectivity index (χ0n) is 18.0. The second kappa shape index (κ2) is 9.20. The molecule has 2 amide bonds. The van der Waals surface area contributed by atoms with Crippen LogP contribution in [0.3, 0.4) is 0 Å². The summed E-state index contributed by atoms with van der Waals surface area (Å²) in [4.78, 5) is 29.5. The maximum Gasteiger partial charge on any atom is 0.257 e. The summed E-state index contributed by atoms with van der Waals surface area (Å²) in [6.07, 6.45) is 2.20. The van der Waals surface area contributed by atoms with E-state index in [-0.39, 0.29) is 11.8 Å². The van der Waals surface area contributed by atoms with Gasteiger partial charge in [0, 0.05) is 24.3 Å². The van der Waals surface area contributed by atoms with Crippen molar-refractivity contribution in [1.29, 1.82) is 0 Å². The fourth-order valence-corrected chi connectivity index (χ4v) is 3.54. The minimum Gasteiger partial charge on any atom is -0.355 e. The van der Waals surface area contributed by atoms with E-state index in [9.17, 15) is 9.59 Å². The van der Waals surface area contributed by atoms with Gasteiger partial charge < -0.3 is 16.0 Å². The van der Waals surface area contributed by atoms with E-state index < -0.39 is 0 Å². The number of hydrogen-bond acceptors (Lipinski definition) is 5. The van der Waals surface area contributed by atoms with Crippen LogP contribution in [0, 0.1) is 5.92 Å². The van der Waals surface area contributed by atoms with Crippen molar-refractivity contribution in [3.05, 3.63) is 59.2 Å². The van der Waals surface area contributed by atoms with Crippen molar-refractivity contribution in [2.24, 2.45) is 10.9 Å². The lowest BCUT2D eigenvalue weighted by molar-refractivity contribution is 0.0947. The van der Waals surface area contributed by atoms with Gasteiger partial charge in [-0.2, -0.15) is 0 Å². The first-order valence-corrected chi connectivity index (χ1v) is 10.9. The third-order valence-corrected chi connectivity index (χ3v) is 5.35. The topological polar surface area (TPSA) is 94.6 Å². The molecule has 1 saturated carbocycles. The molecule has 7 nitrogen and oxygen atoms in total. The largest absolute Gasteiger partial charge is 0.355 e. The SMILES string of the molecule is CC(C)CNC(=O)c1ccccc1Nc1ccc(C(=O)NC2=NCCN2)cc1C1CC1. The fourth-order valence-electron chi connectivity index (χ4n) is 3.54. The number of amides is 2. The van der Waals surface area contributed by atoms with Crippen LogP contribution in [0.4, 0.5) is 11.4 Å². The molecule has 0 unspecified atom stereocenters. The van der Waals surface area contributed by atoms with Gasteiger partial charge in [-0.1, -0.05) is 26.0 Å². The number of carbonyl (C=O) groups is 2. The molecule has 31 heavy (non-hydrogen) atoms. The molecule has 0 aromatic heterocycles. The standard InChI is InChI=1S/C24H29N5O2/c1-15(2)14-27-23(31)18-5-3-4-6-20(18)28-21-10-9-17(13-19(21)16-7-8-16)22(30)29-24-25-11-12-26-24/h3-6,9-10,13,15-16,28H,7-8,11-12,14H2,1-2H3,(H,27,31)(H2,25,26,29,30). The van der Waals surface area contributed by atoms with E-state index in [0.29, 0.717) is 42.0 Å². The van der Waals surface area contributed by atoms with Gasteiger partial charge in [0.05, 0.1) is 17.8 Å². The molecule has 0 radical (unpaired) electrons. The Kier molecular flexibility index (Phi) is 6.21. The Bertz CT molecular complexity index is 1010. The highest BCUT2D eigenvalue weighted by atomic mass is 16.2. The first kappa shape index (κ1) is 20.9. The Morgan fingerprint density at radius 1 is 1.10 bits per heavy atom. The van der Waals surface area contributed by atoms with E-state index in [1.54, 1.807) is 6.07 Å². The van der Waals surface area contributed by atoms with Crippen LogP contribution in [0.25, 0.3) is 0 Å². The van der Waals surface area contributed by atoms with E-state index in [1.807, 2.05) is 36.4 Å². The quantitative estimate of drug-likeness (QED) is 0.553. The summed E-state index contributed by atoms with van der Waals surface area (Å²) < 4.78 is 0. The number of hydrogen-bond donors (Lipinski definition) is 4. The fraction of sp³-hybridized carbons (Fsp3) is 0.375. The van der Waals surface area contributed by atoms with Gasteiger partial charge in [-0.3, -0.25) is 19.9 Å². The molecule has 2 aromatic rings. The maximum atomic E-state index is 12.7. The molecule has 1 heterocycles. The van der Waals surface area contributed by atoms with Crippen molar-refractivity contribution >= 4 is 29.1 Å². The molecule has 1 fully saturated rings. The second-order valence-corrected chi connectivity index (χ2v) is 8.46. The molecule has 2 aliphatic rings. The molecule has 0 atom stereocenters. The predicted octanol–water partition coefficient (Wildman–Crippen LogP) is 3.38. The van der Waals surface area contributed by atoms with E-state index in [4.69, 9.17) is 0 Å². The highest BCUT2D eigenvalue weighted by Crippen LogP contribution is 2.44. The van der Waals surface area contributed by atoms with Crippen molar-refractivity contribution in [2.45, 2.75) is 32.6 Å². The van der Waals surface area contributed by atoms with Crippen LogP contribution in [0.15, 0.2) is 47.5 Å². The van der Waals surface area contributed by atoms with Crippen molar-refractivity contribution in [3.8, 4) is 0 Å². The molecule has 4 rings (SSSR count). The molecule has 4 N–H and O–H groups in total. The lowest BCUT2D eigenvalue weighted by Crippen LogP contribution is -2.38. The first-order valence-electron chi connectivity index (χ1n) is 10.9. The van der Waals surface area contributed by atoms with E-state index in [2.05, 4.69) is 40.1 Å². The number of nitrogens with zero attached hydrogens (tertiary/aromatic N) is 1. The molecule has 0 spiro atoms. The Balaban J connectivity index is 1.55. The van der Waals surface area contributed by atoms with Gasteiger partial charge in [0.2, 0.25) is 0 Å². The number of carbonyl (C=O) groups excluding carboxylic acids is 2. The summed E-state index contributed by atoms with van der Waals surface area (Å²) in [5, 5.41) is 12.3. The van der Waals surface area contributed by atoms with Gasteiger partial charge >= 0.3 is 0 Å². The van der Waals surface area contributed by atoms with E-state index in [1.165, 1.54) is 0 Å². The zero-order chi connectivity index (χ0) is 21.8. The van der Waals surface area contributed by atoms with Crippen LogP contribution < -0.4 is 21.3 Å². The second-order valence-electron chi connectivity index (χ2n) is 8.46. The van der Waals surface area contributed by atoms with Crippen LogP contribution in [-0.2, 0) is 0 Å². The Morgan fingerprint density at radius 3 is 2.61 bits per heavy atom. The third kappa shape index (κ3) is 5.23. The Morgan fingerprint density at radius 2 is 1.90 bits per heavy atom. The zero-order valence-corrected chi connectivity index (χ0v) is 18.0. The summed E-state index contributed by atoms with van der Waals surface area (Å²) in [6, 6.07) is 13.2. The van der Waals surface area contributed by atoms with Crippen LogP contribution in [-0.4, -0.2) is 37.4 Å². The summed E-state index contributed by atoms with van der Waals surface area (Å²) >= 11 is 0. The molecule has 1 aliphatic heterocycles. The van der Waals surface area contributed by atoms with Crippen LogP contribution in [0.1, 0.15) is 58.9 Å². The first-order chi connectivity index (χ1) is 15.0. The van der Waals surface area contributed by atoms with Gasteiger partial charge in [0.1, 0.15) is 0 Å². The van der Waals surface area contributed by atoms with Gasteiger partial charge in [-0.25, -0.2) is 0 Å². The van der Waals surface area contributed by atoms with E-state index in [0.717, 1.165) is 36.3 Å². The molecule has 1 aliphatic carbocycles. The molecular weight excluding hydrogens is 390 g/mol. The number of aliphatic imine (C=N–C) groups is 1. The van der Waals surface area contributed by atoms with Crippen molar-refractivity contribution < 1.29 is 9.59 Å².